The third-order valence-electron chi connectivity index (χ3n) is 3.76. The maximum Gasteiger partial charge on any atom is 0.230 e. The first-order valence-corrected chi connectivity index (χ1v) is 8.98. The Kier molecular flexibility index (Phi) is 5.58. The summed E-state index contributed by atoms with van der Waals surface area (Å²) in [5, 5.41) is 3.41. The number of ether oxygens (including phenoxy) is 3. The van der Waals surface area contributed by atoms with E-state index in [2.05, 4.69) is 10.3 Å². The number of nitrogens with one attached hydrogen (secondary N) is 1. The molecule has 7 heteroatoms. The molecule has 0 radical (unpaired) electrons. The van der Waals surface area contributed by atoms with E-state index in [9.17, 15) is 4.79 Å². The molecule has 136 valence electrons. The van der Waals surface area contributed by atoms with E-state index < -0.39 is 0 Å². The van der Waals surface area contributed by atoms with E-state index in [1.165, 1.54) is 11.3 Å². The highest BCUT2D eigenvalue weighted by Crippen LogP contribution is 2.30. The number of anilines is 1. The van der Waals surface area contributed by atoms with Gasteiger partial charge in [0.05, 0.1) is 37.5 Å². The van der Waals surface area contributed by atoms with E-state index in [0.717, 1.165) is 21.5 Å². The molecule has 0 aliphatic rings. The molecule has 0 aliphatic heterocycles. The first-order chi connectivity index (χ1) is 12.6. The van der Waals surface area contributed by atoms with Crippen molar-refractivity contribution in [3.05, 3.63) is 42.0 Å². The lowest BCUT2D eigenvalue weighted by atomic mass is 10.1. The van der Waals surface area contributed by atoms with Crippen molar-refractivity contribution >= 4 is 32.6 Å². The van der Waals surface area contributed by atoms with Crippen molar-refractivity contribution in [2.24, 2.45) is 0 Å². The third kappa shape index (κ3) is 4.05. The van der Waals surface area contributed by atoms with E-state index in [1.54, 1.807) is 26.4 Å². The molecule has 0 atom stereocenters. The highest BCUT2D eigenvalue weighted by atomic mass is 32.1. The van der Waals surface area contributed by atoms with E-state index in [4.69, 9.17) is 14.2 Å². The number of benzene rings is 2. The maximum atomic E-state index is 12.4. The summed E-state index contributed by atoms with van der Waals surface area (Å²) in [5.41, 5.74) is 1.61. The van der Waals surface area contributed by atoms with Gasteiger partial charge in [-0.25, -0.2) is 4.98 Å². The monoisotopic (exact) mass is 372 g/mol. The third-order valence-corrected chi connectivity index (χ3v) is 4.70. The second kappa shape index (κ2) is 8.05. The van der Waals surface area contributed by atoms with E-state index in [-0.39, 0.29) is 12.3 Å². The van der Waals surface area contributed by atoms with Gasteiger partial charge in [-0.1, -0.05) is 17.4 Å². The summed E-state index contributed by atoms with van der Waals surface area (Å²) in [6, 6.07) is 11.1. The van der Waals surface area contributed by atoms with Crippen LogP contribution >= 0.6 is 11.3 Å². The van der Waals surface area contributed by atoms with Crippen molar-refractivity contribution in [2.75, 3.05) is 26.1 Å². The minimum Gasteiger partial charge on any atom is -0.497 e. The van der Waals surface area contributed by atoms with Gasteiger partial charge in [-0.15, -0.1) is 0 Å². The van der Waals surface area contributed by atoms with Crippen molar-refractivity contribution in [1.29, 1.82) is 0 Å². The minimum atomic E-state index is -0.155. The highest BCUT2D eigenvalue weighted by Gasteiger charge is 2.13. The Balaban J connectivity index is 1.73. The molecule has 0 aliphatic carbocycles. The quantitative estimate of drug-likeness (QED) is 0.681. The van der Waals surface area contributed by atoms with Crippen LogP contribution in [0.5, 0.6) is 17.2 Å². The summed E-state index contributed by atoms with van der Waals surface area (Å²) in [5.74, 6) is 1.94. The lowest BCUT2D eigenvalue weighted by Crippen LogP contribution is -2.14. The molecule has 1 N–H and O–H groups in total. The molecule has 0 unspecified atom stereocenters. The van der Waals surface area contributed by atoms with Gasteiger partial charge in [0.25, 0.3) is 0 Å². The second-order valence-electron chi connectivity index (χ2n) is 5.48. The highest BCUT2D eigenvalue weighted by molar-refractivity contribution is 7.22. The SMILES string of the molecule is CCOc1ccc2nc(NC(=O)Cc3ccc(OC)cc3OC)sc2c1. The first kappa shape index (κ1) is 18.0. The van der Waals surface area contributed by atoms with Gasteiger partial charge in [-0.05, 0) is 31.2 Å². The Morgan fingerprint density at radius 3 is 2.65 bits per heavy atom. The Bertz CT molecular complexity index is 923. The van der Waals surface area contributed by atoms with Crippen molar-refractivity contribution in [3.63, 3.8) is 0 Å². The van der Waals surface area contributed by atoms with E-state index in [0.29, 0.717) is 23.2 Å². The average molecular weight is 372 g/mol. The molecule has 1 aromatic heterocycles. The van der Waals surface area contributed by atoms with Crippen molar-refractivity contribution < 1.29 is 19.0 Å². The molecule has 26 heavy (non-hydrogen) atoms. The number of hydrogen-bond donors (Lipinski definition) is 1. The van der Waals surface area contributed by atoms with Crippen molar-refractivity contribution in [2.45, 2.75) is 13.3 Å². The largest absolute Gasteiger partial charge is 0.497 e. The zero-order chi connectivity index (χ0) is 18.5. The number of thiazole rings is 1. The zero-order valence-electron chi connectivity index (χ0n) is 14.9. The van der Waals surface area contributed by atoms with Gasteiger partial charge in [0.1, 0.15) is 17.2 Å². The van der Waals surface area contributed by atoms with Crippen LogP contribution in [-0.2, 0) is 11.2 Å². The van der Waals surface area contributed by atoms with Gasteiger partial charge in [0, 0.05) is 11.6 Å². The number of nitrogens with zero attached hydrogens (tertiary/aromatic N) is 1. The molecule has 0 bridgehead atoms. The maximum absolute atomic E-state index is 12.4. The Hall–Kier alpha value is -2.80. The molecule has 2 aromatic carbocycles. The van der Waals surface area contributed by atoms with Gasteiger partial charge in [0.2, 0.25) is 5.91 Å². The minimum absolute atomic E-state index is 0.155. The normalized spacial score (nSPS) is 10.6. The van der Waals surface area contributed by atoms with Gasteiger partial charge >= 0.3 is 0 Å². The van der Waals surface area contributed by atoms with Gasteiger partial charge in [0.15, 0.2) is 5.13 Å². The van der Waals surface area contributed by atoms with Gasteiger partial charge < -0.3 is 19.5 Å². The van der Waals surface area contributed by atoms with Crippen LogP contribution in [0.3, 0.4) is 0 Å². The fourth-order valence-corrected chi connectivity index (χ4v) is 3.46. The van der Waals surface area contributed by atoms with Crippen molar-refractivity contribution in [3.8, 4) is 17.2 Å². The molecule has 0 spiro atoms. The number of carbonyl (C=O) groups excluding carboxylic acids is 1. The summed E-state index contributed by atoms with van der Waals surface area (Å²) in [4.78, 5) is 16.8. The summed E-state index contributed by atoms with van der Waals surface area (Å²) in [7, 11) is 3.16. The molecule has 1 amide bonds. The van der Waals surface area contributed by atoms with Crippen LogP contribution in [0, 0.1) is 0 Å². The molecule has 3 rings (SSSR count). The standard InChI is InChI=1S/C19H20N2O4S/c1-4-25-14-7-8-15-17(11-14)26-19(20-15)21-18(22)9-12-5-6-13(23-2)10-16(12)24-3/h5-8,10-11H,4,9H2,1-3H3,(H,20,21,22). The second-order valence-corrected chi connectivity index (χ2v) is 6.51. The smallest absolute Gasteiger partial charge is 0.230 e. The lowest BCUT2D eigenvalue weighted by molar-refractivity contribution is -0.115. The predicted octanol–water partition coefficient (Wildman–Crippen LogP) is 3.89. The van der Waals surface area contributed by atoms with Gasteiger partial charge in [-0.2, -0.15) is 0 Å². The average Bonchev–Trinajstić information content (AvgIpc) is 3.03. The molecular formula is C19H20N2O4S. The Labute approximate surface area is 155 Å². The lowest BCUT2D eigenvalue weighted by Gasteiger charge is -2.10. The first-order valence-electron chi connectivity index (χ1n) is 8.17. The molecule has 0 saturated heterocycles. The molecule has 6 nitrogen and oxygen atoms in total. The van der Waals surface area contributed by atoms with Crippen LogP contribution in [-0.4, -0.2) is 31.7 Å². The van der Waals surface area contributed by atoms with Gasteiger partial charge in [-0.3, -0.25) is 4.79 Å². The molecule has 1 heterocycles. The Morgan fingerprint density at radius 1 is 1.12 bits per heavy atom. The number of aromatic nitrogens is 1. The summed E-state index contributed by atoms with van der Waals surface area (Å²) >= 11 is 1.42. The summed E-state index contributed by atoms with van der Waals surface area (Å²) in [6.07, 6.45) is 0.188. The topological polar surface area (TPSA) is 69.7 Å². The Morgan fingerprint density at radius 2 is 1.92 bits per heavy atom. The fourth-order valence-electron chi connectivity index (χ4n) is 2.55. The van der Waals surface area contributed by atoms with E-state index >= 15 is 0 Å². The predicted molar refractivity (Wildman–Crippen MR) is 103 cm³/mol. The summed E-state index contributed by atoms with van der Waals surface area (Å²) < 4.78 is 17.0. The van der Waals surface area contributed by atoms with Crippen LogP contribution in [0.1, 0.15) is 12.5 Å². The number of methoxy groups -OCH3 is 2. The number of fused-ring (bicyclic) bond motifs is 1. The van der Waals surface area contributed by atoms with Crippen molar-refractivity contribution in [1.82, 2.24) is 4.98 Å². The van der Waals surface area contributed by atoms with Crippen LogP contribution in [0.25, 0.3) is 10.2 Å². The molecular weight excluding hydrogens is 352 g/mol. The van der Waals surface area contributed by atoms with Crippen LogP contribution in [0.2, 0.25) is 0 Å². The number of carbonyl (C=O) groups is 1. The zero-order valence-corrected chi connectivity index (χ0v) is 15.7. The number of hydrogen-bond acceptors (Lipinski definition) is 6. The van der Waals surface area contributed by atoms with Crippen LogP contribution in [0.15, 0.2) is 36.4 Å². The molecule has 3 aromatic rings. The molecule has 0 saturated carbocycles. The van der Waals surface area contributed by atoms with E-state index in [1.807, 2.05) is 31.2 Å². The number of amides is 1. The molecule has 0 fully saturated rings. The van der Waals surface area contributed by atoms with Crippen LogP contribution < -0.4 is 19.5 Å². The summed E-state index contributed by atoms with van der Waals surface area (Å²) in [6.45, 7) is 2.55. The number of rotatable bonds is 7. The van der Waals surface area contributed by atoms with Crippen LogP contribution in [0.4, 0.5) is 5.13 Å². The fraction of sp³-hybridized carbons (Fsp3) is 0.263.